The molecular weight excluding hydrogens is 378 g/mol. The van der Waals surface area contributed by atoms with Gasteiger partial charge in [0.1, 0.15) is 12.0 Å². The summed E-state index contributed by atoms with van der Waals surface area (Å²) in [6, 6.07) is 1.36. The summed E-state index contributed by atoms with van der Waals surface area (Å²) in [6.45, 7) is 1.15. The fourth-order valence-electron chi connectivity index (χ4n) is 3.18. The number of ether oxygens (including phenoxy) is 3. The number of amides is 1. The van der Waals surface area contributed by atoms with Gasteiger partial charge in [-0.25, -0.2) is 19.7 Å². The molecule has 2 aromatic rings. The average Bonchev–Trinajstić information content (AvgIpc) is 3.29. The second kappa shape index (κ2) is 10.1. The number of aromatic nitrogens is 4. The van der Waals surface area contributed by atoms with Crippen molar-refractivity contribution in [3.8, 4) is 5.95 Å². The number of rotatable bonds is 8. The molecule has 1 N–H and O–H groups in total. The maximum Gasteiger partial charge on any atom is 0.356 e. The van der Waals surface area contributed by atoms with Gasteiger partial charge in [-0.3, -0.25) is 9.36 Å². The minimum Gasteiger partial charge on any atom is -0.464 e. The Morgan fingerprint density at radius 2 is 1.90 bits per heavy atom. The number of methoxy groups -OCH3 is 2. The van der Waals surface area contributed by atoms with Crippen LogP contribution in [-0.4, -0.2) is 71.0 Å². The fraction of sp³-hybridized carbons (Fsp3) is 0.526. The van der Waals surface area contributed by atoms with Crippen LogP contribution in [0.3, 0.4) is 0 Å². The maximum absolute atomic E-state index is 12.8. The van der Waals surface area contributed by atoms with E-state index in [2.05, 4.69) is 20.3 Å². The third kappa shape index (κ3) is 5.58. The van der Waals surface area contributed by atoms with Crippen LogP contribution in [-0.2, 0) is 14.2 Å². The molecule has 0 unspecified atom stereocenters. The number of hydrogen-bond acceptors (Lipinski definition) is 8. The summed E-state index contributed by atoms with van der Waals surface area (Å²) >= 11 is 0. The molecule has 0 aromatic carbocycles. The van der Waals surface area contributed by atoms with Gasteiger partial charge in [0, 0.05) is 31.6 Å². The fourth-order valence-corrected chi connectivity index (χ4v) is 3.18. The molecule has 0 spiro atoms. The van der Waals surface area contributed by atoms with Crippen molar-refractivity contribution in [2.45, 2.75) is 37.8 Å². The molecule has 1 saturated carbocycles. The Morgan fingerprint density at radius 1 is 1.14 bits per heavy atom. The highest BCUT2D eigenvalue weighted by molar-refractivity contribution is 5.95. The zero-order valence-electron chi connectivity index (χ0n) is 16.5. The van der Waals surface area contributed by atoms with Crippen LogP contribution in [0.25, 0.3) is 5.95 Å². The molecule has 29 heavy (non-hydrogen) atoms. The molecule has 0 radical (unpaired) electrons. The second-order valence-corrected chi connectivity index (χ2v) is 6.71. The molecule has 10 nitrogen and oxygen atoms in total. The first-order valence-electron chi connectivity index (χ1n) is 9.48. The minimum absolute atomic E-state index is 0.00611. The Kier molecular flexibility index (Phi) is 7.25. The Morgan fingerprint density at radius 3 is 2.55 bits per heavy atom. The molecule has 10 heteroatoms. The van der Waals surface area contributed by atoms with Crippen LogP contribution in [0.4, 0.5) is 0 Å². The Hall–Kier alpha value is -2.85. The molecule has 0 saturated heterocycles. The number of esters is 1. The van der Waals surface area contributed by atoms with Crippen LogP contribution < -0.4 is 5.32 Å². The molecule has 0 atom stereocenters. The molecule has 1 aliphatic carbocycles. The van der Waals surface area contributed by atoms with Gasteiger partial charge in [0.25, 0.3) is 5.91 Å². The smallest absolute Gasteiger partial charge is 0.356 e. The van der Waals surface area contributed by atoms with E-state index in [-0.39, 0.29) is 35.4 Å². The first kappa shape index (κ1) is 20.9. The molecule has 2 aromatic heterocycles. The third-order valence-corrected chi connectivity index (χ3v) is 4.73. The largest absolute Gasteiger partial charge is 0.464 e. The van der Waals surface area contributed by atoms with E-state index in [1.54, 1.807) is 19.5 Å². The zero-order valence-corrected chi connectivity index (χ0v) is 16.5. The highest BCUT2D eigenvalue weighted by atomic mass is 16.5. The van der Waals surface area contributed by atoms with Crippen molar-refractivity contribution in [1.29, 1.82) is 0 Å². The molecule has 1 amide bonds. The maximum atomic E-state index is 12.8. The quantitative estimate of drug-likeness (QED) is 0.515. The van der Waals surface area contributed by atoms with Gasteiger partial charge in [-0.1, -0.05) is 0 Å². The van der Waals surface area contributed by atoms with E-state index in [1.165, 1.54) is 24.1 Å². The van der Waals surface area contributed by atoms with Crippen LogP contribution >= 0.6 is 0 Å². The number of imidazole rings is 1. The van der Waals surface area contributed by atoms with Gasteiger partial charge in [-0.05, 0) is 25.7 Å². The summed E-state index contributed by atoms with van der Waals surface area (Å²) in [6.07, 6.45) is 8.22. The van der Waals surface area contributed by atoms with E-state index in [9.17, 15) is 9.59 Å². The number of nitrogens with zero attached hydrogens (tertiary/aromatic N) is 4. The van der Waals surface area contributed by atoms with Crippen LogP contribution in [0.2, 0.25) is 0 Å². The molecular formula is C19H25N5O5. The number of carbonyl (C=O) groups excluding carboxylic acids is 2. The van der Waals surface area contributed by atoms with Gasteiger partial charge in [-0.15, -0.1) is 0 Å². The van der Waals surface area contributed by atoms with Crippen LogP contribution in [0.5, 0.6) is 0 Å². The highest BCUT2D eigenvalue weighted by Gasteiger charge is 2.24. The lowest BCUT2D eigenvalue weighted by atomic mass is 9.93. The first-order valence-corrected chi connectivity index (χ1v) is 9.48. The Labute approximate surface area is 168 Å². The van der Waals surface area contributed by atoms with Crippen molar-refractivity contribution in [1.82, 2.24) is 24.8 Å². The SMILES string of the molecule is COCCOC1CCC(NC(=O)c2cc(C(=O)OC)nc(-n3ccnc3)n2)CC1. The summed E-state index contributed by atoms with van der Waals surface area (Å²) in [5.41, 5.74) is 0.106. The number of hydrogen-bond donors (Lipinski definition) is 1. The lowest BCUT2D eigenvalue weighted by Gasteiger charge is -2.29. The summed E-state index contributed by atoms with van der Waals surface area (Å²) in [4.78, 5) is 37.1. The van der Waals surface area contributed by atoms with Crippen molar-refractivity contribution < 1.29 is 23.8 Å². The predicted molar refractivity (Wildman–Crippen MR) is 102 cm³/mol. The minimum atomic E-state index is -0.642. The predicted octanol–water partition coefficient (Wildman–Crippen LogP) is 1.15. The van der Waals surface area contributed by atoms with Crippen molar-refractivity contribution in [3.05, 3.63) is 36.2 Å². The normalized spacial score (nSPS) is 19.0. The lowest BCUT2D eigenvalue weighted by Crippen LogP contribution is -2.39. The first-order chi connectivity index (χ1) is 14.1. The van der Waals surface area contributed by atoms with E-state index in [4.69, 9.17) is 14.2 Å². The van der Waals surface area contributed by atoms with Crippen molar-refractivity contribution in [2.75, 3.05) is 27.4 Å². The second-order valence-electron chi connectivity index (χ2n) is 6.71. The molecule has 0 bridgehead atoms. The molecule has 1 aliphatic rings. The zero-order chi connectivity index (χ0) is 20.6. The van der Waals surface area contributed by atoms with E-state index < -0.39 is 5.97 Å². The molecule has 3 rings (SSSR count). The Bertz CT molecular complexity index is 818. The van der Waals surface area contributed by atoms with Gasteiger partial charge in [-0.2, -0.15) is 0 Å². The monoisotopic (exact) mass is 403 g/mol. The standard InChI is InChI=1S/C19H25N5O5/c1-27-9-10-29-14-5-3-13(4-6-14)21-17(25)15-11-16(18(26)28-2)23-19(22-15)24-8-7-20-12-24/h7-8,11-14H,3-6,9-10H2,1-2H3,(H,21,25). The topological polar surface area (TPSA) is 117 Å². The summed E-state index contributed by atoms with van der Waals surface area (Å²) in [5, 5.41) is 2.99. The summed E-state index contributed by atoms with van der Waals surface area (Å²) in [5.74, 6) is -0.829. The van der Waals surface area contributed by atoms with Crippen LogP contribution in [0.15, 0.2) is 24.8 Å². The average molecular weight is 403 g/mol. The lowest BCUT2D eigenvalue weighted by molar-refractivity contribution is -0.00409. The number of nitrogens with one attached hydrogen (secondary N) is 1. The summed E-state index contributed by atoms with van der Waals surface area (Å²) in [7, 11) is 2.90. The third-order valence-electron chi connectivity index (χ3n) is 4.73. The van der Waals surface area contributed by atoms with Crippen molar-refractivity contribution in [2.24, 2.45) is 0 Å². The molecule has 0 aliphatic heterocycles. The van der Waals surface area contributed by atoms with Crippen molar-refractivity contribution >= 4 is 11.9 Å². The van der Waals surface area contributed by atoms with E-state index in [0.717, 1.165) is 25.7 Å². The Balaban J connectivity index is 1.66. The van der Waals surface area contributed by atoms with Gasteiger partial charge in [0.15, 0.2) is 5.69 Å². The van der Waals surface area contributed by atoms with Gasteiger partial charge in [0.05, 0.1) is 26.4 Å². The molecule has 156 valence electrons. The van der Waals surface area contributed by atoms with Crippen molar-refractivity contribution in [3.63, 3.8) is 0 Å². The highest BCUT2D eigenvalue weighted by Crippen LogP contribution is 2.21. The van der Waals surface area contributed by atoms with Gasteiger partial charge < -0.3 is 19.5 Å². The molecule has 2 heterocycles. The van der Waals surface area contributed by atoms with Crippen LogP contribution in [0.1, 0.15) is 46.7 Å². The van der Waals surface area contributed by atoms with Gasteiger partial charge >= 0.3 is 5.97 Å². The molecule has 1 fully saturated rings. The van der Waals surface area contributed by atoms with Gasteiger partial charge in [0.2, 0.25) is 5.95 Å². The van der Waals surface area contributed by atoms with E-state index >= 15 is 0 Å². The van der Waals surface area contributed by atoms with E-state index in [0.29, 0.717) is 13.2 Å². The van der Waals surface area contributed by atoms with Crippen LogP contribution in [0, 0.1) is 0 Å². The summed E-state index contributed by atoms with van der Waals surface area (Å²) < 4.78 is 17.0. The van der Waals surface area contributed by atoms with E-state index in [1.807, 2.05) is 0 Å². The number of carbonyl (C=O) groups is 2.